The lowest BCUT2D eigenvalue weighted by atomic mass is 10.1. The Balaban J connectivity index is 2.16. The van der Waals surface area contributed by atoms with Crippen LogP contribution in [0.3, 0.4) is 0 Å². The molecule has 0 fully saturated rings. The van der Waals surface area contributed by atoms with E-state index in [4.69, 9.17) is 11.0 Å². The van der Waals surface area contributed by atoms with Crippen LogP contribution in [0.5, 0.6) is 0 Å². The number of rotatable bonds is 4. The fourth-order valence-electron chi connectivity index (χ4n) is 1.74. The summed E-state index contributed by atoms with van der Waals surface area (Å²) < 4.78 is 0. The fraction of sp³-hybridized carbons (Fsp3) is 0.231. The molecule has 0 spiro atoms. The monoisotopic (exact) mass is 241 g/mol. The van der Waals surface area contributed by atoms with E-state index in [9.17, 15) is 0 Å². The average Bonchev–Trinajstić information content (AvgIpc) is 2.72. The van der Waals surface area contributed by atoms with Crippen molar-refractivity contribution in [1.82, 2.24) is 10.2 Å². The van der Waals surface area contributed by atoms with Crippen LogP contribution in [0.2, 0.25) is 0 Å². The number of nitrogens with zero attached hydrogens (tertiary/aromatic N) is 2. The summed E-state index contributed by atoms with van der Waals surface area (Å²) in [6.07, 6.45) is 2.19. The Morgan fingerprint density at radius 3 is 2.72 bits per heavy atom. The smallest absolute Gasteiger partial charge is 0.172 e. The van der Waals surface area contributed by atoms with Gasteiger partial charge >= 0.3 is 0 Å². The predicted molar refractivity (Wildman–Crippen MR) is 71.4 cm³/mol. The van der Waals surface area contributed by atoms with E-state index in [2.05, 4.69) is 34.6 Å². The number of benzene rings is 1. The van der Waals surface area contributed by atoms with Crippen molar-refractivity contribution in [2.75, 3.05) is 11.1 Å². The molecule has 5 nitrogen and oxygen atoms in total. The first-order valence-corrected chi connectivity index (χ1v) is 5.84. The van der Waals surface area contributed by atoms with Crippen LogP contribution in [0.4, 0.5) is 17.3 Å². The molecule has 0 radical (unpaired) electrons. The van der Waals surface area contributed by atoms with Gasteiger partial charge in [0.15, 0.2) is 5.82 Å². The van der Waals surface area contributed by atoms with Crippen LogP contribution in [-0.4, -0.2) is 10.2 Å². The van der Waals surface area contributed by atoms with Crippen LogP contribution in [0.25, 0.3) is 0 Å². The summed E-state index contributed by atoms with van der Waals surface area (Å²) in [7, 11) is 0. The molecule has 1 heterocycles. The number of nitriles is 1. The van der Waals surface area contributed by atoms with Gasteiger partial charge in [0.05, 0.1) is 0 Å². The van der Waals surface area contributed by atoms with Gasteiger partial charge in [-0.05, 0) is 24.1 Å². The van der Waals surface area contributed by atoms with Crippen LogP contribution in [-0.2, 0) is 6.42 Å². The Morgan fingerprint density at radius 2 is 2.11 bits per heavy atom. The van der Waals surface area contributed by atoms with Gasteiger partial charge in [0.2, 0.25) is 0 Å². The largest absolute Gasteiger partial charge is 0.383 e. The Hall–Kier alpha value is -2.48. The van der Waals surface area contributed by atoms with Gasteiger partial charge in [-0.15, -0.1) is 0 Å². The van der Waals surface area contributed by atoms with Gasteiger partial charge in [0, 0.05) is 5.69 Å². The second-order valence-electron chi connectivity index (χ2n) is 4.04. The lowest BCUT2D eigenvalue weighted by molar-refractivity contribution is 0.922. The van der Waals surface area contributed by atoms with E-state index in [0.717, 1.165) is 18.5 Å². The molecule has 0 aliphatic carbocycles. The number of aromatic nitrogens is 2. The van der Waals surface area contributed by atoms with Crippen LogP contribution in [0.1, 0.15) is 24.5 Å². The van der Waals surface area contributed by atoms with Gasteiger partial charge in [-0.25, -0.2) is 0 Å². The standard InChI is InChI=1S/C13H15N5/c1-2-3-9-4-6-10(7-5-9)16-13-11(8-14)12(15)17-18-13/h4-7H,2-3H2,1H3,(H4,15,16,17,18). The second kappa shape index (κ2) is 5.23. The average molecular weight is 241 g/mol. The molecule has 0 bridgehead atoms. The van der Waals surface area contributed by atoms with E-state index < -0.39 is 0 Å². The van der Waals surface area contributed by atoms with Crippen molar-refractivity contribution in [2.24, 2.45) is 0 Å². The number of nitrogens with two attached hydrogens (primary N) is 1. The van der Waals surface area contributed by atoms with Crippen molar-refractivity contribution >= 4 is 17.3 Å². The summed E-state index contributed by atoms with van der Waals surface area (Å²) in [5.74, 6) is 0.737. The van der Waals surface area contributed by atoms with Crippen molar-refractivity contribution in [3.8, 4) is 6.07 Å². The molecule has 2 aromatic rings. The Morgan fingerprint density at radius 1 is 1.39 bits per heavy atom. The highest BCUT2D eigenvalue weighted by molar-refractivity contribution is 5.68. The molecule has 92 valence electrons. The zero-order valence-electron chi connectivity index (χ0n) is 10.2. The maximum Gasteiger partial charge on any atom is 0.172 e. The van der Waals surface area contributed by atoms with Gasteiger partial charge in [-0.3, -0.25) is 5.10 Å². The van der Waals surface area contributed by atoms with Crippen molar-refractivity contribution in [3.05, 3.63) is 35.4 Å². The fourth-order valence-corrected chi connectivity index (χ4v) is 1.74. The minimum Gasteiger partial charge on any atom is -0.383 e. The van der Waals surface area contributed by atoms with Crippen LogP contribution in [0.15, 0.2) is 24.3 Å². The maximum atomic E-state index is 8.95. The van der Waals surface area contributed by atoms with E-state index in [1.807, 2.05) is 18.2 Å². The van der Waals surface area contributed by atoms with Gasteiger partial charge in [-0.2, -0.15) is 10.4 Å². The Bertz CT molecular complexity index is 562. The van der Waals surface area contributed by atoms with Gasteiger partial charge in [-0.1, -0.05) is 25.5 Å². The van der Waals surface area contributed by atoms with E-state index in [1.165, 1.54) is 5.56 Å². The first kappa shape index (κ1) is 12.0. The van der Waals surface area contributed by atoms with E-state index >= 15 is 0 Å². The lowest BCUT2D eigenvalue weighted by Gasteiger charge is -2.04. The third kappa shape index (κ3) is 2.43. The molecular formula is C13H15N5. The van der Waals surface area contributed by atoms with Crippen molar-refractivity contribution < 1.29 is 0 Å². The summed E-state index contributed by atoms with van der Waals surface area (Å²) >= 11 is 0. The van der Waals surface area contributed by atoms with Crippen molar-refractivity contribution in [3.63, 3.8) is 0 Å². The molecule has 0 aliphatic rings. The van der Waals surface area contributed by atoms with Crippen LogP contribution < -0.4 is 11.1 Å². The molecule has 1 aromatic heterocycles. The topological polar surface area (TPSA) is 90.5 Å². The molecule has 0 amide bonds. The SMILES string of the molecule is CCCc1ccc(Nc2n[nH]c(N)c2C#N)cc1. The number of anilines is 3. The highest BCUT2D eigenvalue weighted by Gasteiger charge is 2.10. The second-order valence-corrected chi connectivity index (χ2v) is 4.04. The summed E-state index contributed by atoms with van der Waals surface area (Å²) in [4.78, 5) is 0. The zero-order chi connectivity index (χ0) is 13.0. The molecular weight excluding hydrogens is 226 g/mol. The Kier molecular flexibility index (Phi) is 3.49. The number of aryl methyl sites for hydroxylation is 1. The number of hydrogen-bond donors (Lipinski definition) is 3. The number of hydrogen-bond acceptors (Lipinski definition) is 4. The van der Waals surface area contributed by atoms with E-state index in [0.29, 0.717) is 11.4 Å². The summed E-state index contributed by atoms with van der Waals surface area (Å²) in [5, 5.41) is 18.6. The number of nitrogen functional groups attached to an aromatic ring is 1. The molecule has 1 aromatic carbocycles. The molecule has 0 saturated heterocycles. The van der Waals surface area contributed by atoms with E-state index in [-0.39, 0.29) is 5.82 Å². The van der Waals surface area contributed by atoms with Crippen molar-refractivity contribution in [2.45, 2.75) is 19.8 Å². The highest BCUT2D eigenvalue weighted by Crippen LogP contribution is 2.22. The zero-order valence-corrected chi connectivity index (χ0v) is 10.2. The third-order valence-electron chi connectivity index (χ3n) is 2.66. The first-order chi connectivity index (χ1) is 8.74. The molecule has 0 saturated carbocycles. The molecule has 5 heteroatoms. The molecule has 0 atom stereocenters. The number of H-pyrrole nitrogens is 1. The minimum absolute atomic E-state index is 0.280. The van der Waals surface area contributed by atoms with Gasteiger partial charge in [0.1, 0.15) is 17.5 Å². The van der Waals surface area contributed by atoms with E-state index in [1.54, 1.807) is 0 Å². The molecule has 0 aliphatic heterocycles. The predicted octanol–water partition coefficient (Wildman–Crippen LogP) is 2.56. The minimum atomic E-state index is 0.280. The first-order valence-electron chi connectivity index (χ1n) is 5.84. The van der Waals surface area contributed by atoms with Crippen molar-refractivity contribution in [1.29, 1.82) is 5.26 Å². The summed E-state index contributed by atoms with van der Waals surface area (Å²) in [6.45, 7) is 2.15. The molecule has 0 unspecified atom stereocenters. The normalized spacial score (nSPS) is 10.0. The third-order valence-corrected chi connectivity index (χ3v) is 2.66. The summed E-state index contributed by atoms with van der Waals surface area (Å²) in [5.41, 5.74) is 8.11. The lowest BCUT2D eigenvalue weighted by Crippen LogP contribution is -1.94. The number of aromatic amines is 1. The number of nitrogens with one attached hydrogen (secondary N) is 2. The molecule has 4 N–H and O–H groups in total. The molecule has 18 heavy (non-hydrogen) atoms. The van der Waals surface area contributed by atoms with Crippen LogP contribution >= 0.6 is 0 Å². The molecule has 2 rings (SSSR count). The van der Waals surface area contributed by atoms with Crippen LogP contribution in [0, 0.1) is 11.3 Å². The van der Waals surface area contributed by atoms with Gasteiger partial charge in [0.25, 0.3) is 0 Å². The maximum absolute atomic E-state index is 8.95. The quantitative estimate of drug-likeness (QED) is 0.767. The summed E-state index contributed by atoms with van der Waals surface area (Å²) in [6, 6.07) is 10.1. The highest BCUT2D eigenvalue weighted by atomic mass is 15.2. The van der Waals surface area contributed by atoms with Gasteiger partial charge < -0.3 is 11.1 Å². The Labute approximate surface area is 106 Å².